The summed E-state index contributed by atoms with van der Waals surface area (Å²) in [5.41, 5.74) is 1.98. The summed E-state index contributed by atoms with van der Waals surface area (Å²) in [4.78, 5) is 35.5. The maximum Gasteiger partial charge on any atom is 0.269 e. The molecule has 0 aliphatic carbocycles. The Kier molecular flexibility index (Phi) is 9.04. The number of anilines is 1. The maximum absolute atomic E-state index is 12.6. The van der Waals surface area contributed by atoms with Crippen LogP contribution in [0.4, 0.5) is 10.8 Å². The predicted molar refractivity (Wildman–Crippen MR) is 146 cm³/mol. The number of rotatable bonds is 11. The number of aromatic nitrogens is 5. The van der Waals surface area contributed by atoms with Crippen LogP contribution in [0.1, 0.15) is 28.7 Å². The number of nitro groups is 1. The highest BCUT2D eigenvalue weighted by Crippen LogP contribution is 2.26. The molecule has 38 heavy (non-hydrogen) atoms. The highest BCUT2D eigenvalue weighted by atomic mass is 32.2. The zero-order chi connectivity index (χ0) is 27.1. The number of amides is 2. The van der Waals surface area contributed by atoms with E-state index in [2.05, 4.69) is 31.0 Å². The van der Waals surface area contributed by atoms with Crippen LogP contribution in [0.15, 0.2) is 58.0 Å². The minimum Gasteiger partial charge on any atom is -0.345 e. The highest BCUT2D eigenvalue weighted by molar-refractivity contribution is 8.01. The molecule has 4 aromatic rings. The Morgan fingerprint density at radius 2 is 1.87 bits per heavy atom. The molecule has 0 aliphatic heterocycles. The van der Waals surface area contributed by atoms with Crippen LogP contribution in [0.25, 0.3) is 5.69 Å². The number of aryl methyl sites for hydroxylation is 1. The lowest BCUT2D eigenvalue weighted by Crippen LogP contribution is -2.24. The van der Waals surface area contributed by atoms with Crippen LogP contribution in [0.2, 0.25) is 0 Å². The molecule has 2 aromatic carbocycles. The van der Waals surface area contributed by atoms with Gasteiger partial charge in [-0.05, 0) is 42.5 Å². The number of nitro benzene ring substituents is 1. The van der Waals surface area contributed by atoms with Crippen molar-refractivity contribution in [2.45, 2.75) is 29.9 Å². The fourth-order valence-electron chi connectivity index (χ4n) is 3.26. The molecule has 2 amide bonds. The number of hydrogen-bond donors (Lipinski definition) is 2. The van der Waals surface area contributed by atoms with Gasteiger partial charge in [0, 0.05) is 23.4 Å². The van der Waals surface area contributed by atoms with Gasteiger partial charge in [0.2, 0.25) is 11.0 Å². The molecule has 15 heteroatoms. The van der Waals surface area contributed by atoms with Crippen molar-refractivity contribution < 1.29 is 14.5 Å². The summed E-state index contributed by atoms with van der Waals surface area (Å²) in [5.74, 6) is 0.716. The van der Waals surface area contributed by atoms with Crippen LogP contribution < -0.4 is 10.6 Å². The number of hydrogen-bond acceptors (Lipinski definition) is 11. The van der Waals surface area contributed by atoms with Crippen LogP contribution in [-0.4, -0.2) is 53.2 Å². The van der Waals surface area contributed by atoms with E-state index in [0.29, 0.717) is 16.1 Å². The first-order valence-electron chi connectivity index (χ1n) is 11.3. The lowest BCUT2D eigenvalue weighted by Gasteiger charge is -2.11. The van der Waals surface area contributed by atoms with Gasteiger partial charge in [-0.3, -0.25) is 29.6 Å². The molecule has 2 aromatic heterocycles. The second kappa shape index (κ2) is 12.6. The van der Waals surface area contributed by atoms with Crippen LogP contribution in [0.5, 0.6) is 0 Å². The molecule has 196 valence electrons. The smallest absolute Gasteiger partial charge is 0.269 e. The normalized spacial score (nSPS) is 10.8. The van der Waals surface area contributed by atoms with Gasteiger partial charge in [-0.1, -0.05) is 53.9 Å². The van der Waals surface area contributed by atoms with Crippen molar-refractivity contribution in [1.29, 1.82) is 0 Å². The number of benzene rings is 2. The number of thioether (sulfide) groups is 2. The summed E-state index contributed by atoms with van der Waals surface area (Å²) < 4.78 is 2.57. The molecule has 2 heterocycles. The zero-order valence-electron chi connectivity index (χ0n) is 20.3. The molecule has 0 unspecified atom stereocenters. The summed E-state index contributed by atoms with van der Waals surface area (Å²) in [7, 11) is 0. The Labute approximate surface area is 229 Å². The fraction of sp³-hybridized carbons (Fsp3) is 0.217. The van der Waals surface area contributed by atoms with Crippen molar-refractivity contribution in [3.05, 3.63) is 75.6 Å². The van der Waals surface area contributed by atoms with E-state index in [1.807, 2.05) is 38.1 Å². The number of nitrogens with one attached hydrogen (secondary N) is 2. The van der Waals surface area contributed by atoms with E-state index in [1.165, 1.54) is 47.4 Å². The molecule has 12 nitrogen and oxygen atoms in total. The molecule has 2 N–H and O–H groups in total. The molecule has 0 bridgehead atoms. The first-order chi connectivity index (χ1) is 18.3. The first-order valence-corrected chi connectivity index (χ1v) is 14.1. The Hall–Kier alpha value is -3.82. The largest absolute Gasteiger partial charge is 0.345 e. The van der Waals surface area contributed by atoms with E-state index in [4.69, 9.17) is 0 Å². The number of carbonyl (C=O) groups excluding carboxylic acids is 2. The van der Waals surface area contributed by atoms with E-state index in [-0.39, 0.29) is 29.5 Å². The van der Waals surface area contributed by atoms with Crippen LogP contribution in [-0.2, 0) is 11.3 Å². The second-order valence-electron chi connectivity index (χ2n) is 7.70. The summed E-state index contributed by atoms with van der Waals surface area (Å²) >= 11 is 4.07. The van der Waals surface area contributed by atoms with Gasteiger partial charge in [0.1, 0.15) is 0 Å². The first kappa shape index (κ1) is 27.2. The van der Waals surface area contributed by atoms with Crippen molar-refractivity contribution in [2.24, 2.45) is 0 Å². The van der Waals surface area contributed by atoms with E-state index in [1.54, 1.807) is 16.3 Å². The Bertz CT molecular complexity index is 1460. The zero-order valence-corrected chi connectivity index (χ0v) is 22.7. The van der Waals surface area contributed by atoms with Crippen LogP contribution in [0.3, 0.4) is 0 Å². The summed E-state index contributed by atoms with van der Waals surface area (Å²) in [6.07, 6.45) is 0. The van der Waals surface area contributed by atoms with Gasteiger partial charge < -0.3 is 5.32 Å². The van der Waals surface area contributed by atoms with Crippen molar-refractivity contribution >= 4 is 57.5 Å². The van der Waals surface area contributed by atoms with Gasteiger partial charge in [-0.2, -0.15) is 0 Å². The minimum atomic E-state index is -0.526. The third-order valence-electron chi connectivity index (χ3n) is 4.96. The Balaban J connectivity index is 1.47. The van der Waals surface area contributed by atoms with Gasteiger partial charge in [0.25, 0.3) is 11.6 Å². The van der Waals surface area contributed by atoms with Gasteiger partial charge in [-0.15, -0.1) is 20.4 Å². The molecule has 0 aliphatic rings. The SMILES string of the molecule is CCSc1nnc(NC(=O)CSc2nnc(CNC(=O)c3ccc([N+](=O)[O-])cc3)n2-c2cccc(C)c2)s1. The fourth-order valence-corrected chi connectivity index (χ4v) is 5.69. The van der Waals surface area contributed by atoms with Crippen molar-refractivity contribution in [3.8, 4) is 5.69 Å². The average Bonchev–Trinajstić information content (AvgIpc) is 3.52. The van der Waals surface area contributed by atoms with E-state index < -0.39 is 10.8 Å². The molecule has 0 radical (unpaired) electrons. The summed E-state index contributed by atoms with van der Waals surface area (Å²) in [5, 5.41) is 33.8. The summed E-state index contributed by atoms with van der Waals surface area (Å²) in [6.45, 7) is 4.02. The standard InChI is InChI=1S/C23H22N8O4S3/c1-3-36-23-29-27-21(38-23)25-19(32)13-37-22-28-26-18(30(22)17-6-4-5-14(2)11-17)12-24-20(33)15-7-9-16(10-8-15)31(34)35/h4-11H,3,12-13H2,1-2H3,(H,24,33)(H,25,27,32). The van der Waals surface area contributed by atoms with Crippen molar-refractivity contribution in [3.63, 3.8) is 0 Å². The van der Waals surface area contributed by atoms with Crippen molar-refractivity contribution in [2.75, 3.05) is 16.8 Å². The molecular formula is C23H22N8O4S3. The van der Waals surface area contributed by atoms with Crippen molar-refractivity contribution in [1.82, 2.24) is 30.3 Å². The monoisotopic (exact) mass is 570 g/mol. The average molecular weight is 571 g/mol. The Morgan fingerprint density at radius 1 is 1.08 bits per heavy atom. The van der Waals surface area contributed by atoms with E-state index >= 15 is 0 Å². The van der Waals surface area contributed by atoms with Crippen LogP contribution >= 0.6 is 34.9 Å². The lowest BCUT2D eigenvalue weighted by atomic mass is 10.2. The minimum absolute atomic E-state index is 0.0478. The quantitative estimate of drug-likeness (QED) is 0.116. The van der Waals surface area contributed by atoms with Crippen LogP contribution in [0, 0.1) is 17.0 Å². The molecular weight excluding hydrogens is 549 g/mol. The third-order valence-corrected chi connectivity index (χ3v) is 7.74. The lowest BCUT2D eigenvalue weighted by molar-refractivity contribution is -0.384. The molecule has 0 saturated carbocycles. The third kappa shape index (κ3) is 6.93. The summed E-state index contributed by atoms with van der Waals surface area (Å²) in [6, 6.07) is 13.0. The van der Waals surface area contributed by atoms with Gasteiger partial charge in [-0.25, -0.2) is 0 Å². The highest BCUT2D eigenvalue weighted by Gasteiger charge is 2.18. The second-order valence-corrected chi connectivity index (χ2v) is 11.1. The van der Waals surface area contributed by atoms with Gasteiger partial charge in [0.05, 0.1) is 17.2 Å². The van der Waals surface area contributed by atoms with Gasteiger partial charge >= 0.3 is 0 Å². The van der Waals surface area contributed by atoms with E-state index in [0.717, 1.165) is 21.3 Å². The predicted octanol–water partition coefficient (Wildman–Crippen LogP) is 4.11. The van der Waals surface area contributed by atoms with Gasteiger partial charge in [0.15, 0.2) is 15.3 Å². The molecule has 0 spiro atoms. The topological polar surface area (TPSA) is 158 Å². The number of carbonyl (C=O) groups is 2. The molecule has 0 fully saturated rings. The number of nitrogens with zero attached hydrogens (tertiary/aromatic N) is 6. The molecule has 0 atom stereocenters. The Morgan fingerprint density at radius 3 is 2.58 bits per heavy atom. The maximum atomic E-state index is 12.6. The molecule has 0 saturated heterocycles. The molecule has 4 rings (SSSR count). The van der Waals surface area contributed by atoms with E-state index in [9.17, 15) is 19.7 Å². The number of non-ortho nitro benzene ring substituents is 1.